The Morgan fingerprint density at radius 3 is 2.62 bits per heavy atom. The molecule has 0 atom stereocenters. The summed E-state index contributed by atoms with van der Waals surface area (Å²) in [6, 6.07) is 13.6. The van der Waals surface area contributed by atoms with Crippen molar-refractivity contribution in [3.63, 3.8) is 0 Å². The van der Waals surface area contributed by atoms with E-state index in [9.17, 15) is 14.4 Å². The second-order valence-corrected chi connectivity index (χ2v) is 7.06. The van der Waals surface area contributed by atoms with E-state index in [2.05, 4.69) is 31.8 Å². The van der Waals surface area contributed by atoms with Gasteiger partial charge in [-0.25, -0.2) is 4.79 Å². The van der Waals surface area contributed by atoms with Gasteiger partial charge in [-0.2, -0.15) is 0 Å². The topological polar surface area (TPSA) is 113 Å². The normalized spacial score (nSPS) is 10.8. The van der Waals surface area contributed by atoms with Gasteiger partial charge in [-0.1, -0.05) is 28.1 Å². The number of benzene rings is 2. The first-order valence-corrected chi connectivity index (χ1v) is 9.25. The average molecular weight is 456 g/mol. The molecule has 0 radical (unpaired) electrons. The molecule has 29 heavy (non-hydrogen) atoms. The third-order valence-corrected chi connectivity index (χ3v) is 4.80. The molecule has 0 aliphatic heterocycles. The van der Waals surface area contributed by atoms with Crippen molar-refractivity contribution in [2.75, 3.05) is 7.11 Å². The van der Waals surface area contributed by atoms with Gasteiger partial charge in [0.05, 0.1) is 7.11 Å². The Kier molecular flexibility index (Phi) is 4.81. The zero-order valence-corrected chi connectivity index (χ0v) is 16.6. The van der Waals surface area contributed by atoms with Crippen molar-refractivity contribution in [2.45, 2.75) is 0 Å². The first-order valence-electron chi connectivity index (χ1n) is 8.46. The van der Waals surface area contributed by atoms with Gasteiger partial charge in [0.1, 0.15) is 11.3 Å². The highest BCUT2D eigenvalue weighted by atomic mass is 79.9. The number of fused-ring (bicyclic) bond motifs is 2. The quantitative estimate of drug-likeness (QED) is 0.324. The second kappa shape index (κ2) is 7.44. The molecule has 0 saturated heterocycles. The van der Waals surface area contributed by atoms with Gasteiger partial charge < -0.3 is 14.1 Å². The number of methoxy groups -OCH3 is 1. The van der Waals surface area contributed by atoms with Gasteiger partial charge in [-0.15, -0.1) is 0 Å². The van der Waals surface area contributed by atoms with Gasteiger partial charge in [0, 0.05) is 20.8 Å². The van der Waals surface area contributed by atoms with Crippen LogP contribution in [0, 0.1) is 0 Å². The van der Waals surface area contributed by atoms with Crippen LogP contribution in [0.5, 0.6) is 5.75 Å². The molecule has 3 N–H and O–H groups in total. The molecule has 0 bridgehead atoms. The molecular formula is C20H14BrN3O5. The summed E-state index contributed by atoms with van der Waals surface area (Å²) in [6.45, 7) is 0. The minimum absolute atomic E-state index is 0.241. The smallest absolute Gasteiger partial charge is 0.349 e. The van der Waals surface area contributed by atoms with E-state index in [1.54, 1.807) is 24.3 Å². The third-order valence-electron chi connectivity index (χ3n) is 4.31. The van der Waals surface area contributed by atoms with Crippen LogP contribution in [-0.2, 0) is 0 Å². The lowest BCUT2D eigenvalue weighted by Crippen LogP contribution is -2.43. The van der Waals surface area contributed by atoms with E-state index in [0.29, 0.717) is 11.1 Å². The van der Waals surface area contributed by atoms with E-state index < -0.39 is 17.4 Å². The van der Waals surface area contributed by atoms with Crippen molar-refractivity contribution in [3.8, 4) is 5.75 Å². The number of hydrogen-bond donors (Lipinski definition) is 3. The maximum atomic E-state index is 12.4. The van der Waals surface area contributed by atoms with Crippen molar-refractivity contribution in [1.29, 1.82) is 0 Å². The van der Waals surface area contributed by atoms with Crippen LogP contribution >= 0.6 is 15.9 Å². The standard InChI is InChI=1S/C20H14BrN3O5/c1-28-16-4-2-3-10-8-13(20(27)29-17(10)16)18(25)23-24-19(26)15-9-11-7-12(21)5-6-14(11)22-15/h2-9,22H,1H3,(H,23,25)(H,24,26). The molecule has 0 saturated carbocycles. The molecule has 4 rings (SSSR count). The van der Waals surface area contributed by atoms with E-state index in [4.69, 9.17) is 9.15 Å². The summed E-state index contributed by atoms with van der Waals surface area (Å²) >= 11 is 3.37. The van der Waals surface area contributed by atoms with Crippen molar-refractivity contribution in [2.24, 2.45) is 0 Å². The Hall–Kier alpha value is -3.59. The number of amides is 2. The average Bonchev–Trinajstić information content (AvgIpc) is 3.14. The highest BCUT2D eigenvalue weighted by Crippen LogP contribution is 2.24. The Morgan fingerprint density at radius 1 is 1.03 bits per heavy atom. The van der Waals surface area contributed by atoms with Crippen LogP contribution in [0.2, 0.25) is 0 Å². The fraction of sp³-hybridized carbons (Fsp3) is 0.0500. The monoisotopic (exact) mass is 455 g/mol. The number of carbonyl (C=O) groups is 2. The molecular weight excluding hydrogens is 442 g/mol. The van der Waals surface area contributed by atoms with Crippen LogP contribution in [-0.4, -0.2) is 23.9 Å². The fourth-order valence-corrected chi connectivity index (χ4v) is 3.29. The zero-order chi connectivity index (χ0) is 20.5. The van der Waals surface area contributed by atoms with Crippen LogP contribution in [0.4, 0.5) is 0 Å². The number of hydrazine groups is 1. The van der Waals surface area contributed by atoms with Gasteiger partial charge in [0.2, 0.25) is 0 Å². The van der Waals surface area contributed by atoms with E-state index in [1.807, 2.05) is 18.2 Å². The number of halogens is 1. The SMILES string of the molecule is COc1cccc2cc(C(=O)NNC(=O)c3cc4cc(Br)ccc4[nH]3)c(=O)oc12. The first kappa shape index (κ1) is 18.8. The summed E-state index contributed by atoms with van der Waals surface area (Å²) in [5, 5.41) is 1.35. The van der Waals surface area contributed by atoms with Crippen LogP contribution in [0.15, 0.2) is 62.2 Å². The Morgan fingerprint density at radius 2 is 1.83 bits per heavy atom. The first-order chi connectivity index (χ1) is 14.0. The van der Waals surface area contributed by atoms with Crippen molar-refractivity contribution in [1.82, 2.24) is 15.8 Å². The molecule has 0 aliphatic carbocycles. The number of carbonyl (C=O) groups excluding carboxylic acids is 2. The molecule has 0 aliphatic rings. The zero-order valence-electron chi connectivity index (χ0n) is 15.0. The maximum Gasteiger partial charge on any atom is 0.349 e. The number of aromatic nitrogens is 1. The molecule has 2 aromatic carbocycles. The van der Waals surface area contributed by atoms with Gasteiger partial charge in [-0.05, 0) is 36.4 Å². The predicted molar refractivity (Wildman–Crippen MR) is 110 cm³/mol. The Bertz CT molecular complexity index is 1320. The summed E-state index contributed by atoms with van der Waals surface area (Å²) in [4.78, 5) is 39.9. The Balaban J connectivity index is 1.53. The lowest BCUT2D eigenvalue weighted by molar-refractivity contribution is 0.0842. The lowest BCUT2D eigenvalue weighted by Gasteiger charge is -2.07. The summed E-state index contributed by atoms with van der Waals surface area (Å²) < 4.78 is 11.2. The predicted octanol–water partition coefficient (Wildman–Crippen LogP) is 3.12. The largest absolute Gasteiger partial charge is 0.493 e. The number of para-hydroxylation sites is 1. The van der Waals surface area contributed by atoms with E-state index >= 15 is 0 Å². The molecule has 2 heterocycles. The molecule has 0 spiro atoms. The number of aromatic amines is 1. The minimum atomic E-state index is -0.843. The fourth-order valence-electron chi connectivity index (χ4n) is 2.91. The summed E-state index contributed by atoms with van der Waals surface area (Å²) in [5.41, 5.74) is 4.70. The second-order valence-electron chi connectivity index (χ2n) is 6.15. The van der Waals surface area contributed by atoms with E-state index in [-0.39, 0.29) is 16.8 Å². The van der Waals surface area contributed by atoms with Crippen molar-refractivity contribution in [3.05, 3.63) is 74.7 Å². The molecule has 4 aromatic rings. The molecule has 2 amide bonds. The molecule has 8 nitrogen and oxygen atoms in total. The molecule has 0 unspecified atom stereocenters. The van der Waals surface area contributed by atoms with E-state index in [0.717, 1.165) is 15.4 Å². The highest BCUT2D eigenvalue weighted by molar-refractivity contribution is 9.10. The molecule has 2 aromatic heterocycles. The van der Waals surface area contributed by atoms with Crippen LogP contribution < -0.4 is 21.2 Å². The lowest BCUT2D eigenvalue weighted by atomic mass is 10.1. The van der Waals surface area contributed by atoms with E-state index in [1.165, 1.54) is 13.2 Å². The van der Waals surface area contributed by atoms with Gasteiger partial charge in [0.25, 0.3) is 11.8 Å². The number of rotatable bonds is 3. The maximum absolute atomic E-state index is 12.4. The molecule has 146 valence electrons. The third kappa shape index (κ3) is 3.59. The van der Waals surface area contributed by atoms with Crippen molar-refractivity contribution < 1.29 is 18.7 Å². The van der Waals surface area contributed by atoms with Crippen molar-refractivity contribution >= 4 is 49.6 Å². The van der Waals surface area contributed by atoms with Crippen LogP contribution in [0.3, 0.4) is 0 Å². The summed E-state index contributed by atoms with van der Waals surface area (Å²) in [6.07, 6.45) is 0. The summed E-state index contributed by atoms with van der Waals surface area (Å²) in [7, 11) is 1.45. The van der Waals surface area contributed by atoms with Crippen LogP contribution in [0.25, 0.3) is 21.9 Å². The Labute approximate surface area is 171 Å². The van der Waals surface area contributed by atoms with Crippen LogP contribution in [0.1, 0.15) is 20.8 Å². The number of ether oxygens (including phenoxy) is 1. The molecule has 0 fully saturated rings. The van der Waals surface area contributed by atoms with Gasteiger partial charge >= 0.3 is 5.63 Å². The highest BCUT2D eigenvalue weighted by Gasteiger charge is 2.17. The number of nitrogens with one attached hydrogen (secondary N) is 3. The molecule has 9 heteroatoms. The van der Waals surface area contributed by atoms with Gasteiger partial charge in [-0.3, -0.25) is 20.4 Å². The number of hydrogen-bond acceptors (Lipinski definition) is 5. The summed E-state index contributed by atoms with van der Waals surface area (Å²) in [5.74, 6) is -0.974. The minimum Gasteiger partial charge on any atom is -0.493 e. The number of H-pyrrole nitrogens is 1. The van der Waals surface area contributed by atoms with Gasteiger partial charge in [0.15, 0.2) is 11.3 Å².